The molecule has 0 aromatic heterocycles. The summed E-state index contributed by atoms with van der Waals surface area (Å²) in [6, 6.07) is 5.88. The molecule has 15 heavy (non-hydrogen) atoms. The van der Waals surface area contributed by atoms with Crippen molar-refractivity contribution in [3.63, 3.8) is 0 Å². The quantitative estimate of drug-likeness (QED) is 0.784. The Morgan fingerprint density at radius 3 is 2.87 bits per heavy atom. The first-order valence-corrected chi connectivity index (χ1v) is 6.27. The van der Waals surface area contributed by atoms with E-state index in [1.54, 1.807) is 11.8 Å². The average Bonchev–Trinajstić information content (AvgIpc) is 2.20. The van der Waals surface area contributed by atoms with Crippen LogP contribution in [0.15, 0.2) is 23.1 Å². The maximum atomic E-state index is 9.51. The molecule has 0 fully saturated rings. The molecule has 2 nitrogen and oxygen atoms in total. The number of aryl methyl sites for hydroxylation is 1. The van der Waals surface area contributed by atoms with E-state index in [1.165, 1.54) is 0 Å². The minimum atomic E-state index is -0.323. The first kappa shape index (κ1) is 12.8. The zero-order chi connectivity index (χ0) is 11.3. The van der Waals surface area contributed by atoms with Gasteiger partial charge in [0, 0.05) is 15.7 Å². The number of aliphatic hydroxyl groups is 1. The van der Waals surface area contributed by atoms with Gasteiger partial charge in [-0.2, -0.15) is 0 Å². The zero-order valence-electron chi connectivity index (χ0n) is 8.74. The lowest BCUT2D eigenvalue weighted by Gasteiger charge is -2.09. The van der Waals surface area contributed by atoms with Gasteiger partial charge in [0.25, 0.3) is 0 Å². The molecule has 0 aliphatic heterocycles. The highest BCUT2D eigenvalue weighted by molar-refractivity contribution is 7.99. The van der Waals surface area contributed by atoms with Gasteiger partial charge in [-0.1, -0.05) is 11.6 Å². The highest BCUT2D eigenvalue weighted by atomic mass is 35.5. The largest absolute Gasteiger partial charge is 0.392 e. The molecule has 1 rings (SSSR count). The molecule has 0 aliphatic carbocycles. The summed E-state index contributed by atoms with van der Waals surface area (Å²) in [6.07, 6.45) is 0.329. The lowest BCUT2D eigenvalue weighted by molar-refractivity contribution is 0.192. The standard InChI is InChI=1S/C11H16ClNOS/c1-8-6-10(2-3-11(8)12)15-7-9(14)4-5-13/h2-3,6,9,14H,4-5,7,13H2,1H3. The van der Waals surface area contributed by atoms with Gasteiger partial charge >= 0.3 is 0 Å². The molecule has 3 N–H and O–H groups in total. The fourth-order valence-corrected chi connectivity index (χ4v) is 2.27. The first-order valence-electron chi connectivity index (χ1n) is 4.90. The summed E-state index contributed by atoms with van der Waals surface area (Å²) in [5.74, 6) is 0.679. The Bertz CT molecular complexity index is 319. The average molecular weight is 246 g/mol. The molecule has 4 heteroatoms. The topological polar surface area (TPSA) is 46.2 Å². The van der Waals surface area contributed by atoms with Crippen LogP contribution in [0.2, 0.25) is 5.02 Å². The predicted octanol–water partition coefficient (Wildman–Crippen LogP) is 2.45. The normalized spacial score (nSPS) is 12.8. The van der Waals surface area contributed by atoms with Gasteiger partial charge in [-0.15, -0.1) is 11.8 Å². The Hall–Kier alpha value is -0.220. The molecule has 0 saturated heterocycles. The van der Waals surface area contributed by atoms with E-state index in [4.69, 9.17) is 17.3 Å². The Morgan fingerprint density at radius 1 is 1.53 bits per heavy atom. The molecule has 0 heterocycles. The maximum absolute atomic E-state index is 9.51. The molecule has 1 atom stereocenters. The second-order valence-corrected chi connectivity index (χ2v) is 4.95. The molecular formula is C11H16ClNOS. The molecule has 84 valence electrons. The monoisotopic (exact) mass is 245 g/mol. The van der Waals surface area contributed by atoms with Crippen LogP contribution in [-0.4, -0.2) is 23.5 Å². The fourth-order valence-electron chi connectivity index (χ4n) is 1.18. The SMILES string of the molecule is Cc1cc(SCC(O)CCN)ccc1Cl. The van der Waals surface area contributed by atoms with Gasteiger partial charge in [0.1, 0.15) is 0 Å². The van der Waals surface area contributed by atoms with E-state index in [-0.39, 0.29) is 6.10 Å². The van der Waals surface area contributed by atoms with Gasteiger partial charge in [0.2, 0.25) is 0 Å². The van der Waals surface area contributed by atoms with E-state index in [2.05, 4.69) is 0 Å². The number of rotatable bonds is 5. The smallest absolute Gasteiger partial charge is 0.0646 e. The summed E-state index contributed by atoms with van der Waals surface area (Å²) in [5.41, 5.74) is 6.42. The molecule has 0 amide bonds. The molecule has 0 saturated carbocycles. The van der Waals surface area contributed by atoms with E-state index >= 15 is 0 Å². The summed E-state index contributed by atoms with van der Waals surface area (Å²) in [4.78, 5) is 1.13. The van der Waals surface area contributed by atoms with E-state index < -0.39 is 0 Å². The first-order chi connectivity index (χ1) is 7.13. The van der Waals surface area contributed by atoms with Crippen LogP contribution in [0.25, 0.3) is 0 Å². The third kappa shape index (κ3) is 4.43. The number of hydrogen-bond donors (Lipinski definition) is 2. The van der Waals surface area contributed by atoms with Crippen molar-refractivity contribution in [3.05, 3.63) is 28.8 Å². The highest BCUT2D eigenvalue weighted by Gasteiger charge is 2.04. The van der Waals surface area contributed by atoms with Crippen molar-refractivity contribution in [3.8, 4) is 0 Å². The second-order valence-electron chi connectivity index (χ2n) is 3.45. The van der Waals surface area contributed by atoms with Gasteiger partial charge in [0.05, 0.1) is 6.10 Å². The Morgan fingerprint density at radius 2 is 2.27 bits per heavy atom. The summed E-state index contributed by atoms with van der Waals surface area (Å²) in [5, 5.41) is 10.3. The molecule has 1 aromatic rings. The minimum Gasteiger partial charge on any atom is -0.392 e. The summed E-state index contributed by atoms with van der Waals surface area (Å²) in [7, 11) is 0. The van der Waals surface area contributed by atoms with Crippen molar-refractivity contribution in [1.82, 2.24) is 0 Å². The van der Waals surface area contributed by atoms with Gasteiger partial charge in [-0.05, 0) is 43.7 Å². The van der Waals surface area contributed by atoms with Gasteiger partial charge < -0.3 is 10.8 Å². The molecule has 1 aromatic carbocycles. The fraction of sp³-hybridized carbons (Fsp3) is 0.455. The van der Waals surface area contributed by atoms with E-state index in [0.717, 1.165) is 15.5 Å². The third-order valence-electron chi connectivity index (χ3n) is 2.07. The van der Waals surface area contributed by atoms with Crippen LogP contribution in [-0.2, 0) is 0 Å². The molecule has 0 spiro atoms. The van der Waals surface area contributed by atoms with E-state index in [0.29, 0.717) is 18.7 Å². The third-order valence-corrected chi connectivity index (χ3v) is 3.63. The maximum Gasteiger partial charge on any atom is 0.0646 e. The van der Waals surface area contributed by atoms with E-state index in [1.807, 2.05) is 25.1 Å². The van der Waals surface area contributed by atoms with Crippen molar-refractivity contribution < 1.29 is 5.11 Å². The van der Waals surface area contributed by atoms with Crippen molar-refractivity contribution in [2.45, 2.75) is 24.3 Å². The minimum absolute atomic E-state index is 0.323. The van der Waals surface area contributed by atoms with Gasteiger partial charge in [-0.3, -0.25) is 0 Å². The Kier molecular flexibility index (Phi) is 5.47. The molecule has 0 radical (unpaired) electrons. The Labute approximate surface area is 99.8 Å². The van der Waals surface area contributed by atoms with Crippen LogP contribution >= 0.6 is 23.4 Å². The number of halogens is 1. The summed E-state index contributed by atoms with van der Waals surface area (Å²) < 4.78 is 0. The number of nitrogens with two attached hydrogens (primary N) is 1. The summed E-state index contributed by atoms with van der Waals surface area (Å²) in [6.45, 7) is 2.50. The van der Waals surface area contributed by atoms with Crippen molar-refractivity contribution in [1.29, 1.82) is 0 Å². The molecule has 0 aliphatic rings. The van der Waals surface area contributed by atoms with E-state index in [9.17, 15) is 5.11 Å². The van der Waals surface area contributed by atoms with Crippen molar-refractivity contribution in [2.24, 2.45) is 5.73 Å². The summed E-state index contributed by atoms with van der Waals surface area (Å²) >= 11 is 7.55. The number of hydrogen-bond acceptors (Lipinski definition) is 3. The number of aliphatic hydroxyl groups excluding tert-OH is 1. The van der Waals surface area contributed by atoms with Crippen LogP contribution in [0.1, 0.15) is 12.0 Å². The highest BCUT2D eigenvalue weighted by Crippen LogP contribution is 2.24. The zero-order valence-corrected chi connectivity index (χ0v) is 10.3. The number of benzene rings is 1. The molecular weight excluding hydrogens is 230 g/mol. The second kappa shape index (κ2) is 6.38. The van der Waals surface area contributed by atoms with Crippen LogP contribution < -0.4 is 5.73 Å². The van der Waals surface area contributed by atoms with Crippen LogP contribution in [0.5, 0.6) is 0 Å². The van der Waals surface area contributed by atoms with Crippen LogP contribution in [0, 0.1) is 6.92 Å². The van der Waals surface area contributed by atoms with Crippen molar-refractivity contribution in [2.75, 3.05) is 12.3 Å². The van der Waals surface area contributed by atoms with Crippen molar-refractivity contribution >= 4 is 23.4 Å². The predicted molar refractivity (Wildman–Crippen MR) is 66.6 cm³/mol. The lowest BCUT2D eigenvalue weighted by atomic mass is 10.2. The number of thioether (sulfide) groups is 1. The lowest BCUT2D eigenvalue weighted by Crippen LogP contribution is -2.15. The van der Waals surface area contributed by atoms with Gasteiger partial charge in [-0.25, -0.2) is 0 Å². The molecule has 0 bridgehead atoms. The van der Waals surface area contributed by atoms with Gasteiger partial charge in [0.15, 0.2) is 0 Å². The van der Waals surface area contributed by atoms with Crippen LogP contribution in [0.4, 0.5) is 0 Å². The Balaban J connectivity index is 2.47. The van der Waals surface area contributed by atoms with Crippen LogP contribution in [0.3, 0.4) is 0 Å². The molecule has 1 unspecified atom stereocenters.